The number of hydrogen-bond acceptors (Lipinski definition) is 5. The van der Waals surface area contributed by atoms with Gasteiger partial charge >= 0.3 is 6.09 Å². The van der Waals surface area contributed by atoms with Crippen molar-refractivity contribution in [1.82, 2.24) is 4.90 Å². The molecule has 1 saturated heterocycles. The molecule has 0 N–H and O–H groups in total. The number of Topliss-reactive ketones (excluding diaryl/α,β-unsaturated/α-hetero) is 1. The lowest BCUT2D eigenvalue weighted by Gasteiger charge is -2.38. The van der Waals surface area contributed by atoms with Crippen molar-refractivity contribution in [3.8, 4) is 0 Å². The van der Waals surface area contributed by atoms with Crippen LogP contribution in [0, 0.1) is 17.6 Å². The highest BCUT2D eigenvalue weighted by Gasteiger charge is 2.38. The highest BCUT2D eigenvalue weighted by Crippen LogP contribution is 2.28. The molecule has 0 spiro atoms. The fourth-order valence-electron chi connectivity index (χ4n) is 2.64. The van der Waals surface area contributed by atoms with Crippen molar-refractivity contribution >= 4 is 11.9 Å². The molecule has 0 atom stereocenters. The van der Waals surface area contributed by atoms with Crippen molar-refractivity contribution in [2.45, 2.75) is 32.7 Å². The number of halogens is 2. The minimum absolute atomic E-state index is 0.0939. The number of hydrogen-bond donors (Lipinski definition) is 0. The van der Waals surface area contributed by atoms with Crippen molar-refractivity contribution in [2.75, 3.05) is 27.3 Å². The summed E-state index contributed by atoms with van der Waals surface area (Å²) < 4.78 is 43.4. The van der Waals surface area contributed by atoms with E-state index < -0.39 is 46.9 Å². The van der Waals surface area contributed by atoms with Crippen molar-refractivity contribution in [2.24, 2.45) is 5.92 Å². The number of rotatable bonds is 5. The second-order valence-electron chi connectivity index (χ2n) is 7.10. The summed E-state index contributed by atoms with van der Waals surface area (Å²) in [6.07, 6.45) is -1.72. The Morgan fingerprint density at radius 2 is 1.62 bits per heavy atom. The van der Waals surface area contributed by atoms with E-state index in [9.17, 15) is 18.4 Å². The van der Waals surface area contributed by atoms with Crippen molar-refractivity contribution in [1.29, 1.82) is 0 Å². The molecule has 6 nitrogen and oxygen atoms in total. The first-order valence-electron chi connectivity index (χ1n) is 8.14. The Labute approximate surface area is 151 Å². The van der Waals surface area contributed by atoms with E-state index in [1.54, 1.807) is 20.8 Å². The average Bonchev–Trinajstić information content (AvgIpc) is 2.47. The molecule has 1 heterocycles. The van der Waals surface area contributed by atoms with Gasteiger partial charge in [0.2, 0.25) is 0 Å². The Morgan fingerprint density at radius 1 is 1.12 bits per heavy atom. The van der Waals surface area contributed by atoms with Gasteiger partial charge in [-0.3, -0.25) is 4.79 Å². The fourth-order valence-corrected chi connectivity index (χ4v) is 2.64. The molecule has 0 radical (unpaired) electrons. The number of likely N-dealkylation sites (tertiary alicyclic amines) is 1. The number of nitrogens with zero attached hydrogens (tertiary/aromatic N) is 1. The quantitative estimate of drug-likeness (QED) is 0.587. The zero-order valence-corrected chi connectivity index (χ0v) is 15.5. The van der Waals surface area contributed by atoms with E-state index >= 15 is 0 Å². The second-order valence-corrected chi connectivity index (χ2v) is 7.10. The van der Waals surface area contributed by atoms with Crippen LogP contribution >= 0.6 is 0 Å². The van der Waals surface area contributed by atoms with Gasteiger partial charge in [0.1, 0.15) is 17.2 Å². The number of carbonyl (C=O) groups excluding carboxylic acids is 2. The van der Waals surface area contributed by atoms with E-state index in [1.165, 1.54) is 19.1 Å². The van der Waals surface area contributed by atoms with Crippen LogP contribution in [0.4, 0.5) is 13.6 Å². The smallest absolute Gasteiger partial charge is 0.410 e. The Balaban J connectivity index is 2.07. The van der Waals surface area contributed by atoms with E-state index in [2.05, 4.69) is 0 Å². The first-order valence-corrected chi connectivity index (χ1v) is 8.14. The maximum Gasteiger partial charge on any atom is 0.410 e. The number of methoxy groups -OCH3 is 2. The molecule has 0 saturated carbocycles. The lowest BCUT2D eigenvalue weighted by molar-refractivity contribution is -0.109. The average molecular weight is 371 g/mol. The van der Waals surface area contributed by atoms with Crippen LogP contribution in [0.5, 0.6) is 0 Å². The summed E-state index contributed by atoms with van der Waals surface area (Å²) in [4.78, 5) is 25.7. The number of benzene rings is 1. The maximum absolute atomic E-state index is 14.2. The van der Waals surface area contributed by atoms with E-state index in [-0.39, 0.29) is 18.7 Å². The minimum atomic E-state index is -1.20. The molecule has 1 aliphatic heterocycles. The molecule has 0 unspecified atom stereocenters. The van der Waals surface area contributed by atoms with Gasteiger partial charge in [-0.25, -0.2) is 13.6 Å². The minimum Gasteiger partial charge on any atom is -0.444 e. The molecular formula is C18H23F2NO5. The van der Waals surface area contributed by atoms with Crippen LogP contribution in [0.25, 0.3) is 0 Å². The van der Waals surface area contributed by atoms with Crippen LogP contribution in [-0.4, -0.2) is 49.7 Å². The summed E-state index contributed by atoms with van der Waals surface area (Å²) >= 11 is 0. The largest absolute Gasteiger partial charge is 0.444 e. The summed E-state index contributed by atoms with van der Waals surface area (Å²) in [7, 11) is 2.51. The summed E-state index contributed by atoms with van der Waals surface area (Å²) in [6, 6.07) is 1.92. The highest BCUT2D eigenvalue weighted by atomic mass is 19.1. The van der Waals surface area contributed by atoms with Gasteiger partial charge < -0.3 is 19.1 Å². The van der Waals surface area contributed by atoms with E-state index in [4.69, 9.17) is 14.2 Å². The molecule has 26 heavy (non-hydrogen) atoms. The maximum atomic E-state index is 14.2. The molecule has 0 aromatic heterocycles. The van der Waals surface area contributed by atoms with Gasteiger partial charge in [-0.1, -0.05) is 0 Å². The second kappa shape index (κ2) is 7.67. The third-order valence-corrected chi connectivity index (χ3v) is 3.93. The van der Waals surface area contributed by atoms with E-state index in [0.29, 0.717) is 0 Å². The van der Waals surface area contributed by atoms with Crippen LogP contribution in [0.15, 0.2) is 12.1 Å². The standard InChI is InChI=1S/C18H23F2NO5/c1-18(2,3)26-17(23)21-8-11(9-21)15(22)10-6-12(19)14(13(20)7-10)16(24-4)25-5/h6-7,11,16H,8-9H2,1-5H3. The van der Waals surface area contributed by atoms with E-state index in [0.717, 1.165) is 12.1 Å². The van der Waals surface area contributed by atoms with Crippen LogP contribution in [0.1, 0.15) is 43.0 Å². The van der Waals surface area contributed by atoms with Gasteiger partial charge in [-0.05, 0) is 32.9 Å². The summed E-state index contributed by atoms with van der Waals surface area (Å²) in [6.45, 7) is 5.53. The molecule has 144 valence electrons. The molecule has 1 fully saturated rings. The summed E-state index contributed by atoms with van der Waals surface area (Å²) in [5.41, 5.74) is -1.12. The topological polar surface area (TPSA) is 65.1 Å². The first-order chi connectivity index (χ1) is 12.1. The Kier molecular flexibility index (Phi) is 5.98. The molecule has 0 aliphatic carbocycles. The lowest BCUT2D eigenvalue weighted by Crippen LogP contribution is -2.54. The Hall–Kier alpha value is -2.06. The van der Waals surface area contributed by atoms with Crippen LogP contribution in [0.2, 0.25) is 0 Å². The lowest BCUT2D eigenvalue weighted by atomic mass is 9.90. The van der Waals surface area contributed by atoms with Gasteiger partial charge in [-0.15, -0.1) is 0 Å². The molecular weight excluding hydrogens is 348 g/mol. The van der Waals surface area contributed by atoms with Gasteiger partial charge in [0.05, 0.1) is 11.5 Å². The highest BCUT2D eigenvalue weighted by molar-refractivity contribution is 5.99. The van der Waals surface area contributed by atoms with Crippen LogP contribution < -0.4 is 0 Å². The number of amides is 1. The number of carbonyl (C=O) groups is 2. The number of ether oxygens (including phenoxy) is 3. The van der Waals surface area contributed by atoms with Crippen molar-refractivity contribution in [3.63, 3.8) is 0 Å². The monoisotopic (exact) mass is 371 g/mol. The van der Waals surface area contributed by atoms with Crippen LogP contribution in [0.3, 0.4) is 0 Å². The predicted molar refractivity (Wildman–Crippen MR) is 88.7 cm³/mol. The van der Waals surface area contributed by atoms with Crippen molar-refractivity contribution in [3.05, 3.63) is 34.9 Å². The van der Waals surface area contributed by atoms with Gasteiger partial charge in [0.25, 0.3) is 0 Å². The van der Waals surface area contributed by atoms with Gasteiger partial charge in [0.15, 0.2) is 12.1 Å². The molecule has 2 rings (SSSR count). The Morgan fingerprint density at radius 3 is 2.04 bits per heavy atom. The third kappa shape index (κ3) is 4.37. The van der Waals surface area contributed by atoms with Crippen molar-refractivity contribution < 1.29 is 32.6 Å². The molecule has 1 aromatic carbocycles. The predicted octanol–water partition coefficient (Wildman–Crippen LogP) is 3.31. The van der Waals surface area contributed by atoms with Gasteiger partial charge in [-0.2, -0.15) is 0 Å². The van der Waals surface area contributed by atoms with Gasteiger partial charge in [0, 0.05) is 32.9 Å². The Bertz CT molecular complexity index is 668. The number of ketones is 1. The molecule has 1 aromatic rings. The molecule has 1 amide bonds. The summed E-state index contributed by atoms with van der Waals surface area (Å²) in [5.74, 6) is -2.80. The SMILES string of the molecule is COC(OC)c1c(F)cc(C(=O)C2CN(C(=O)OC(C)(C)C)C2)cc1F. The normalized spacial score (nSPS) is 15.2. The third-order valence-electron chi connectivity index (χ3n) is 3.93. The van der Waals surface area contributed by atoms with E-state index in [1.807, 2.05) is 0 Å². The summed E-state index contributed by atoms with van der Waals surface area (Å²) in [5, 5.41) is 0. The zero-order chi connectivity index (χ0) is 19.6. The first kappa shape index (κ1) is 20.3. The molecule has 1 aliphatic rings. The molecule has 0 bridgehead atoms. The van der Waals surface area contributed by atoms with Crippen LogP contribution in [-0.2, 0) is 14.2 Å². The molecule has 8 heteroatoms. The fraction of sp³-hybridized carbons (Fsp3) is 0.556. The zero-order valence-electron chi connectivity index (χ0n) is 15.5.